The Morgan fingerprint density at radius 1 is 1.91 bits per heavy atom. The molecule has 0 fully saturated rings. The number of aromatic nitrogens is 1. The lowest BCUT2D eigenvalue weighted by molar-refractivity contribution is -0.0795. The van der Waals surface area contributed by atoms with Gasteiger partial charge in [0.2, 0.25) is 0 Å². The number of aliphatic hydroxyl groups excluding tert-OH is 1. The smallest absolute Gasteiger partial charge is 0.199 e. The average Bonchev–Trinajstić information content (AvgIpc) is 2.50. The molecule has 3 nitrogen and oxygen atoms in total. The van der Waals surface area contributed by atoms with Crippen molar-refractivity contribution >= 4 is 22.9 Å². The van der Waals surface area contributed by atoms with E-state index in [4.69, 9.17) is 16.7 Å². The number of rotatable bonds is 3. The number of ether oxygens (including phenoxy) is 1. The van der Waals surface area contributed by atoms with Crippen LogP contribution in [-0.4, -0.2) is 17.2 Å². The summed E-state index contributed by atoms with van der Waals surface area (Å²) >= 11 is 6.92. The van der Waals surface area contributed by atoms with E-state index in [-0.39, 0.29) is 0 Å². The van der Waals surface area contributed by atoms with Gasteiger partial charge in [0.15, 0.2) is 6.29 Å². The molecule has 1 aromatic heterocycles. The van der Waals surface area contributed by atoms with Crippen LogP contribution in [0.5, 0.6) is 0 Å². The first kappa shape index (κ1) is 8.93. The molecule has 0 saturated heterocycles. The molecule has 1 unspecified atom stereocenters. The van der Waals surface area contributed by atoms with E-state index < -0.39 is 6.29 Å². The molecule has 0 aliphatic heterocycles. The summed E-state index contributed by atoms with van der Waals surface area (Å²) in [6, 6.07) is 0. The first-order valence-corrected chi connectivity index (χ1v) is 4.40. The summed E-state index contributed by atoms with van der Waals surface area (Å²) in [5.74, 6) is 0.376. The van der Waals surface area contributed by atoms with E-state index in [1.54, 1.807) is 5.38 Å². The van der Waals surface area contributed by atoms with Crippen molar-refractivity contribution in [1.29, 1.82) is 0 Å². The van der Waals surface area contributed by atoms with Crippen LogP contribution in [0.1, 0.15) is 17.0 Å². The fraction of sp³-hybridized carbons (Fsp3) is 0.500. The molecule has 0 bridgehead atoms. The van der Waals surface area contributed by atoms with E-state index in [0.29, 0.717) is 11.6 Å². The number of halogens is 1. The topological polar surface area (TPSA) is 42.4 Å². The van der Waals surface area contributed by atoms with Crippen molar-refractivity contribution in [3.05, 3.63) is 16.1 Å². The number of hydrogen-bond donors (Lipinski definition) is 1. The quantitative estimate of drug-likeness (QED) is 0.585. The van der Waals surface area contributed by atoms with Gasteiger partial charge in [0.05, 0.1) is 5.88 Å². The second-order valence-corrected chi connectivity index (χ2v) is 3.10. The molecule has 62 valence electrons. The summed E-state index contributed by atoms with van der Waals surface area (Å²) in [5, 5.41) is 11.6. The molecule has 1 atom stereocenters. The predicted octanol–water partition coefficient (Wildman–Crippen LogP) is 1.52. The van der Waals surface area contributed by atoms with Crippen molar-refractivity contribution < 1.29 is 9.84 Å². The van der Waals surface area contributed by atoms with Crippen LogP contribution < -0.4 is 0 Å². The predicted molar refractivity (Wildman–Crippen MR) is 43.6 cm³/mol. The number of nitrogens with zero attached hydrogens (tertiary/aromatic N) is 1. The molecule has 0 radical (unpaired) electrons. The molecule has 0 saturated carbocycles. The van der Waals surface area contributed by atoms with Gasteiger partial charge in [-0.1, -0.05) is 0 Å². The van der Waals surface area contributed by atoms with Crippen LogP contribution in [0.25, 0.3) is 0 Å². The van der Waals surface area contributed by atoms with E-state index in [1.807, 2.05) is 0 Å². The second-order valence-electron chi connectivity index (χ2n) is 1.89. The highest BCUT2D eigenvalue weighted by Gasteiger charge is 2.09. The maximum atomic E-state index is 9.12. The van der Waals surface area contributed by atoms with Crippen LogP contribution >= 0.6 is 22.9 Å². The Morgan fingerprint density at radius 2 is 2.64 bits per heavy atom. The highest BCUT2D eigenvalue weighted by Crippen LogP contribution is 2.17. The van der Waals surface area contributed by atoms with E-state index in [9.17, 15) is 0 Å². The lowest BCUT2D eigenvalue weighted by atomic mass is 10.5. The molecular formula is C6H8ClNO2S. The summed E-state index contributed by atoms with van der Waals surface area (Å²) in [6.45, 7) is 0. The van der Waals surface area contributed by atoms with Gasteiger partial charge < -0.3 is 9.84 Å². The standard InChI is InChI=1S/C6H8ClNO2S/c1-10-6(9)4-3-11-5(2-7)8-4/h3,6,9H,2H2,1H3. The molecule has 0 aliphatic carbocycles. The SMILES string of the molecule is COC(O)c1csc(CCl)n1. The van der Waals surface area contributed by atoms with Crippen LogP contribution in [0, 0.1) is 0 Å². The average molecular weight is 194 g/mol. The Balaban J connectivity index is 2.71. The molecule has 0 aliphatic rings. The molecule has 5 heteroatoms. The third kappa shape index (κ3) is 2.13. The normalized spacial score (nSPS) is 13.4. The molecule has 0 spiro atoms. The van der Waals surface area contributed by atoms with Gasteiger partial charge in [0.25, 0.3) is 0 Å². The van der Waals surface area contributed by atoms with Crippen molar-refractivity contribution in [3.63, 3.8) is 0 Å². The largest absolute Gasteiger partial charge is 0.363 e. The molecule has 11 heavy (non-hydrogen) atoms. The number of thiazole rings is 1. The number of aliphatic hydroxyl groups is 1. The van der Waals surface area contributed by atoms with Crippen LogP contribution in [0.4, 0.5) is 0 Å². The maximum Gasteiger partial charge on any atom is 0.199 e. The highest BCUT2D eigenvalue weighted by molar-refractivity contribution is 7.09. The van der Waals surface area contributed by atoms with Crippen molar-refractivity contribution in [2.24, 2.45) is 0 Å². The highest BCUT2D eigenvalue weighted by atomic mass is 35.5. The van der Waals surface area contributed by atoms with Gasteiger partial charge in [-0.3, -0.25) is 0 Å². The van der Waals surface area contributed by atoms with Crippen molar-refractivity contribution in [2.45, 2.75) is 12.2 Å². The Bertz CT molecular complexity index is 228. The summed E-state index contributed by atoms with van der Waals surface area (Å²) < 4.78 is 4.65. The van der Waals surface area contributed by atoms with Gasteiger partial charge in [0, 0.05) is 12.5 Å². The van der Waals surface area contributed by atoms with Gasteiger partial charge in [-0.2, -0.15) is 0 Å². The van der Waals surface area contributed by atoms with Gasteiger partial charge in [-0.15, -0.1) is 22.9 Å². The third-order valence-electron chi connectivity index (χ3n) is 1.16. The molecule has 1 N–H and O–H groups in total. The van der Waals surface area contributed by atoms with Crippen LogP contribution in [0.3, 0.4) is 0 Å². The monoisotopic (exact) mass is 193 g/mol. The fourth-order valence-electron chi connectivity index (χ4n) is 0.621. The fourth-order valence-corrected chi connectivity index (χ4v) is 1.52. The minimum atomic E-state index is -0.928. The number of alkyl halides is 1. The summed E-state index contributed by atoms with van der Waals surface area (Å²) in [4.78, 5) is 4.01. The van der Waals surface area contributed by atoms with E-state index >= 15 is 0 Å². The van der Waals surface area contributed by atoms with Crippen LogP contribution in [0.2, 0.25) is 0 Å². The molecule has 1 heterocycles. The molecule has 0 amide bonds. The summed E-state index contributed by atoms with van der Waals surface area (Å²) in [5.41, 5.74) is 0.521. The van der Waals surface area contributed by atoms with Gasteiger partial charge in [-0.05, 0) is 0 Å². The minimum absolute atomic E-state index is 0.376. The molecular weight excluding hydrogens is 186 g/mol. The Labute approximate surface area is 73.6 Å². The second kappa shape index (κ2) is 4.01. The van der Waals surface area contributed by atoms with Gasteiger partial charge in [-0.25, -0.2) is 4.98 Å². The third-order valence-corrected chi connectivity index (χ3v) is 2.44. The van der Waals surface area contributed by atoms with E-state index in [0.717, 1.165) is 5.01 Å². The first-order chi connectivity index (χ1) is 5.27. The Morgan fingerprint density at radius 3 is 3.09 bits per heavy atom. The van der Waals surface area contributed by atoms with Gasteiger partial charge in [0.1, 0.15) is 10.7 Å². The molecule has 1 aromatic rings. The zero-order valence-corrected chi connectivity index (χ0v) is 7.52. The van der Waals surface area contributed by atoms with Crippen molar-refractivity contribution in [2.75, 3.05) is 7.11 Å². The Kier molecular flexibility index (Phi) is 3.26. The van der Waals surface area contributed by atoms with Crippen LogP contribution in [0.15, 0.2) is 5.38 Å². The first-order valence-electron chi connectivity index (χ1n) is 2.99. The summed E-state index contributed by atoms with van der Waals surface area (Å²) in [6.07, 6.45) is -0.928. The zero-order valence-electron chi connectivity index (χ0n) is 5.95. The van der Waals surface area contributed by atoms with Gasteiger partial charge >= 0.3 is 0 Å². The Hall–Kier alpha value is -0.160. The lowest BCUT2D eigenvalue weighted by Crippen LogP contribution is -1.99. The van der Waals surface area contributed by atoms with Crippen molar-refractivity contribution in [3.8, 4) is 0 Å². The van der Waals surface area contributed by atoms with E-state index in [2.05, 4.69) is 9.72 Å². The maximum absolute atomic E-state index is 9.12. The number of hydrogen-bond acceptors (Lipinski definition) is 4. The van der Waals surface area contributed by atoms with Crippen LogP contribution in [-0.2, 0) is 10.6 Å². The number of methoxy groups -OCH3 is 1. The van der Waals surface area contributed by atoms with Crippen molar-refractivity contribution in [1.82, 2.24) is 4.98 Å². The van der Waals surface area contributed by atoms with E-state index in [1.165, 1.54) is 18.4 Å². The summed E-state index contributed by atoms with van der Waals surface area (Å²) in [7, 11) is 1.42. The lowest BCUT2D eigenvalue weighted by Gasteiger charge is -2.02. The molecule has 1 rings (SSSR count). The zero-order chi connectivity index (χ0) is 8.27. The minimum Gasteiger partial charge on any atom is -0.363 e. The molecule has 0 aromatic carbocycles.